The molecule has 0 radical (unpaired) electrons. The molecule has 0 atom stereocenters. The number of benzene rings is 1. The number of methoxy groups -OCH3 is 2. The van der Waals surface area contributed by atoms with Crippen LogP contribution in [0.4, 0.5) is 0 Å². The molecule has 0 unspecified atom stereocenters. The molecule has 1 heterocycles. The smallest absolute Gasteiger partial charge is 0.191 e. The van der Waals surface area contributed by atoms with Crippen molar-refractivity contribution in [2.24, 2.45) is 4.99 Å². The number of aliphatic imine (C=N–C) groups is 1. The second-order valence-corrected chi connectivity index (χ2v) is 3.70. The molecule has 0 saturated carbocycles. The normalized spacial score (nSPS) is 13.1. The largest absolute Gasteiger partial charge is 0.493 e. The third-order valence-electron chi connectivity index (χ3n) is 2.58. The second kappa shape index (κ2) is 6.96. The number of guanidine groups is 1. The highest BCUT2D eigenvalue weighted by Crippen LogP contribution is 2.27. The Morgan fingerprint density at radius 3 is 2.67 bits per heavy atom. The first-order valence-electron chi connectivity index (χ1n) is 5.56. The molecule has 0 saturated heterocycles. The van der Waals surface area contributed by atoms with Gasteiger partial charge in [-0.05, 0) is 17.7 Å². The first-order valence-corrected chi connectivity index (χ1v) is 5.56. The van der Waals surface area contributed by atoms with E-state index in [4.69, 9.17) is 9.47 Å². The van der Waals surface area contributed by atoms with E-state index in [2.05, 4.69) is 15.6 Å². The first kappa shape index (κ1) is 14.4. The van der Waals surface area contributed by atoms with E-state index >= 15 is 0 Å². The summed E-state index contributed by atoms with van der Waals surface area (Å²) in [4.78, 5) is 4.27. The van der Waals surface area contributed by atoms with Gasteiger partial charge in [0.1, 0.15) is 0 Å². The van der Waals surface area contributed by atoms with Gasteiger partial charge in [0.15, 0.2) is 17.5 Å². The van der Waals surface area contributed by atoms with Crippen LogP contribution in [0.2, 0.25) is 0 Å². The monoisotopic (exact) mass is 271 g/mol. The Labute approximate surface area is 113 Å². The number of hydrogen-bond acceptors (Lipinski definition) is 5. The van der Waals surface area contributed by atoms with Crippen LogP contribution >= 0.6 is 12.4 Å². The van der Waals surface area contributed by atoms with E-state index in [1.54, 1.807) is 14.2 Å². The maximum Gasteiger partial charge on any atom is 0.191 e. The van der Waals surface area contributed by atoms with Gasteiger partial charge < -0.3 is 20.1 Å². The van der Waals surface area contributed by atoms with E-state index in [1.807, 2.05) is 18.2 Å². The van der Waals surface area contributed by atoms with Gasteiger partial charge in [-0.3, -0.25) is 4.99 Å². The summed E-state index contributed by atoms with van der Waals surface area (Å²) in [5.41, 5.74) is 1.12. The minimum absolute atomic E-state index is 0. The fourth-order valence-corrected chi connectivity index (χ4v) is 1.69. The van der Waals surface area contributed by atoms with Crippen molar-refractivity contribution >= 4 is 18.4 Å². The summed E-state index contributed by atoms with van der Waals surface area (Å²) in [6.07, 6.45) is 0. The summed E-state index contributed by atoms with van der Waals surface area (Å²) in [5, 5.41) is 6.39. The summed E-state index contributed by atoms with van der Waals surface area (Å²) >= 11 is 0. The van der Waals surface area contributed by atoms with Crippen LogP contribution in [0.25, 0.3) is 0 Å². The fraction of sp³-hybridized carbons (Fsp3) is 0.417. The molecule has 0 aromatic heterocycles. The molecular weight excluding hydrogens is 254 g/mol. The number of nitrogens with zero attached hydrogens (tertiary/aromatic N) is 1. The van der Waals surface area contributed by atoms with Gasteiger partial charge in [-0.15, -0.1) is 12.4 Å². The highest BCUT2D eigenvalue weighted by molar-refractivity contribution is 5.85. The van der Waals surface area contributed by atoms with Gasteiger partial charge in [0.25, 0.3) is 0 Å². The maximum absolute atomic E-state index is 5.25. The molecule has 1 aliphatic heterocycles. The van der Waals surface area contributed by atoms with Crippen molar-refractivity contribution in [2.75, 3.05) is 27.3 Å². The summed E-state index contributed by atoms with van der Waals surface area (Å²) in [6, 6.07) is 5.87. The summed E-state index contributed by atoms with van der Waals surface area (Å²) in [7, 11) is 3.27. The number of ether oxygens (including phenoxy) is 2. The standard InChI is InChI=1S/C12H17N3O2.ClH/c1-16-10-4-3-9(7-11(10)17-2)8-15-12-13-5-6-14-12;/h3-4,7H,5-6,8H2,1-2H3,(H2,13,14,15);1H. The highest BCUT2D eigenvalue weighted by atomic mass is 35.5. The third-order valence-corrected chi connectivity index (χ3v) is 2.58. The van der Waals surface area contributed by atoms with Crippen LogP contribution in [-0.4, -0.2) is 33.3 Å². The molecule has 18 heavy (non-hydrogen) atoms. The van der Waals surface area contributed by atoms with Crippen LogP contribution in [-0.2, 0) is 6.54 Å². The maximum atomic E-state index is 5.25. The summed E-state index contributed by atoms with van der Waals surface area (Å²) in [6.45, 7) is 2.47. The topological polar surface area (TPSA) is 54.9 Å². The fourth-order valence-electron chi connectivity index (χ4n) is 1.69. The lowest BCUT2D eigenvalue weighted by Crippen LogP contribution is -2.33. The van der Waals surface area contributed by atoms with Crippen molar-refractivity contribution in [3.63, 3.8) is 0 Å². The van der Waals surface area contributed by atoms with Crippen molar-refractivity contribution in [3.05, 3.63) is 23.8 Å². The van der Waals surface area contributed by atoms with Crippen molar-refractivity contribution in [2.45, 2.75) is 6.54 Å². The molecule has 2 N–H and O–H groups in total. The molecule has 0 spiro atoms. The molecular formula is C12H18ClN3O2. The number of rotatable bonds is 4. The molecule has 0 aliphatic carbocycles. The summed E-state index contributed by atoms with van der Waals surface area (Å²) < 4.78 is 10.4. The van der Waals surface area contributed by atoms with Gasteiger partial charge in [-0.1, -0.05) is 6.07 Å². The Morgan fingerprint density at radius 2 is 2.06 bits per heavy atom. The van der Waals surface area contributed by atoms with Crippen LogP contribution in [0.3, 0.4) is 0 Å². The first-order chi connectivity index (χ1) is 8.33. The van der Waals surface area contributed by atoms with Crippen LogP contribution in [0.5, 0.6) is 11.5 Å². The molecule has 2 rings (SSSR count). The van der Waals surface area contributed by atoms with Gasteiger partial charge >= 0.3 is 0 Å². The molecule has 1 aromatic carbocycles. The molecule has 1 aliphatic rings. The SMILES string of the molecule is COc1ccc(CNC2=NCCN2)cc1OC.Cl. The van der Waals surface area contributed by atoms with E-state index in [0.717, 1.165) is 36.1 Å². The Bertz CT molecular complexity index is 424. The average Bonchev–Trinajstić information content (AvgIpc) is 2.89. The van der Waals surface area contributed by atoms with E-state index in [-0.39, 0.29) is 12.4 Å². The van der Waals surface area contributed by atoms with Crippen LogP contribution in [0, 0.1) is 0 Å². The van der Waals surface area contributed by atoms with E-state index in [0.29, 0.717) is 6.54 Å². The van der Waals surface area contributed by atoms with Gasteiger partial charge in [0, 0.05) is 13.1 Å². The van der Waals surface area contributed by atoms with Crippen LogP contribution < -0.4 is 20.1 Å². The van der Waals surface area contributed by atoms with Crippen molar-refractivity contribution < 1.29 is 9.47 Å². The number of halogens is 1. The lowest BCUT2D eigenvalue weighted by atomic mass is 10.2. The molecule has 1 aromatic rings. The molecule has 6 heteroatoms. The third kappa shape index (κ3) is 3.43. The van der Waals surface area contributed by atoms with E-state index in [1.165, 1.54) is 0 Å². The van der Waals surface area contributed by atoms with Crippen molar-refractivity contribution in [1.82, 2.24) is 10.6 Å². The highest BCUT2D eigenvalue weighted by Gasteiger charge is 2.06. The zero-order valence-electron chi connectivity index (χ0n) is 10.5. The second-order valence-electron chi connectivity index (χ2n) is 3.70. The molecule has 0 fully saturated rings. The number of hydrogen-bond donors (Lipinski definition) is 2. The van der Waals surface area contributed by atoms with E-state index < -0.39 is 0 Å². The van der Waals surface area contributed by atoms with Gasteiger partial charge in [-0.25, -0.2) is 0 Å². The van der Waals surface area contributed by atoms with Gasteiger partial charge in [-0.2, -0.15) is 0 Å². The van der Waals surface area contributed by atoms with E-state index in [9.17, 15) is 0 Å². The zero-order valence-corrected chi connectivity index (χ0v) is 11.3. The van der Waals surface area contributed by atoms with Crippen LogP contribution in [0.1, 0.15) is 5.56 Å². The number of nitrogens with one attached hydrogen (secondary N) is 2. The van der Waals surface area contributed by atoms with Crippen molar-refractivity contribution in [3.8, 4) is 11.5 Å². The van der Waals surface area contributed by atoms with Crippen LogP contribution in [0.15, 0.2) is 23.2 Å². The molecule has 5 nitrogen and oxygen atoms in total. The zero-order chi connectivity index (χ0) is 12.1. The average molecular weight is 272 g/mol. The quantitative estimate of drug-likeness (QED) is 0.863. The van der Waals surface area contributed by atoms with Crippen molar-refractivity contribution in [1.29, 1.82) is 0 Å². The van der Waals surface area contributed by atoms with Gasteiger partial charge in [0.2, 0.25) is 0 Å². The predicted octanol–water partition coefficient (Wildman–Crippen LogP) is 1.17. The lowest BCUT2D eigenvalue weighted by Gasteiger charge is -2.10. The minimum Gasteiger partial charge on any atom is -0.493 e. The predicted molar refractivity (Wildman–Crippen MR) is 73.9 cm³/mol. The minimum atomic E-state index is 0. The Morgan fingerprint density at radius 1 is 1.28 bits per heavy atom. The Balaban J connectivity index is 0.00000162. The molecule has 0 amide bonds. The molecule has 0 bridgehead atoms. The Kier molecular flexibility index (Phi) is 5.58. The van der Waals surface area contributed by atoms with Gasteiger partial charge in [0.05, 0.1) is 20.8 Å². The summed E-state index contributed by atoms with van der Waals surface area (Å²) in [5.74, 6) is 2.35. The lowest BCUT2D eigenvalue weighted by molar-refractivity contribution is 0.354. The Hall–Kier alpha value is -1.62. The molecule has 100 valence electrons.